The molecule has 0 spiro atoms. The van der Waals surface area contributed by atoms with Gasteiger partial charge in [0.15, 0.2) is 0 Å². The SMILES string of the molecule is CCCCc1ccc(C(=O)Nc2cccc([N+](=O)[O-])c2)cc1. The molecule has 1 N–H and O–H groups in total. The third kappa shape index (κ3) is 4.15. The number of hydrogen-bond acceptors (Lipinski definition) is 3. The highest BCUT2D eigenvalue weighted by atomic mass is 16.6. The van der Waals surface area contributed by atoms with Crippen LogP contribution in [0, 0.1) is 10.1 Å². The molecule has 0 atom stereocenters. The number of nitrogens with zero attached hydrogens (tertiary/aromatic N) is 1. The number of non-ortho nitro benzene ring substituents is 1. The smallest absolute Gasteiger partial charge is 0.271 e. The quantitative estimate of drug-likeness (QED) is 0.642. The molecule has 0 aliphatic heterocycles. The van der Waals surface area contributed by atoms with Gasteiger partial charge in [-0.3, -0.25) is 14.9 Å². The molecule has 0 saturated carbocycles. The average molecular weight is 298 g/mol. The topological polar surface area (TPSA) is 72.2 Å². The summed E-state index contributed by atoms with van der Waals surface area (Å²) in [5.41, 5.74) is 2.10. The molecular formula is C17H18N2O3. The number of nitro benzene ring substituents is 1. The summed E-state index contributed by atoms with van der Waals surface area (Å²) in [5, 5.41) is 13.4. The summed E-state index contributed by atoms with van der Waals surface area (Å²) in [6, 6.07) is 13.3. The third-order valence-corrected chi connectivity index (χ3v) is 3.35. The molecule has 0 aliphatic carbocycles. The van der Waals surface area contributed by atoms with Crippen LogP contribution in [0.25, 0.3) is 0 Å². The van der Waals surface area contributed by atoms with Gasteiger partial charge in [-0.1, -0.05) is 31.5 Å². The second-order valence-corrected chi connectivity index (χ2v) is 5.06. The van der Waals surface area contributed by atoms with E-state index >= 15 is 0 Å². The van der Waals surface area contributed by atoms with Crippen molar-refractivity contribution in [2.75, 3.05) is 5.32 Å². The highest BCUT2D eigenvalue weighted by Gasteiger charge is 2.09. The summed E-state index contributed by atoms with van der Waals surface area (Å²) in [6.07, 6.45) is 3.26. The van der Waals surface area contributed by atoms with Crippen molar-refractivity contribution in [2.45, 2.75) is 26.2 Å². The number of rotatable bonds is 6. The summed E-state index contributed by atoms with van der Waals surface area (Å²) in [7, 11) is 0. The van der Waals surface area contributed by atoms with Crippen LogP contribution in [0.3, 0.4) is 0 Å². The van der Waals surface area contributed by atoms with E-state index in [1.807, 2.05) is 12.1 Å². The molecule has 2 rings (SSSR count). The Kier molecular flexibility index (Phi) is 5.25. The molecule has 0 aromatic heterocycles. The maximum Gasteiger partial charge on any atom is 0.271 e. The predicted octanol–water partition coefficient (Wildman–Crippen LogP) is 4.19. The Morgan fingerprint density at radius 3 is 2.55 bits per heavy atom. The van der Waals surface area contributed by atoms with E-state index in [1.165, 1.54) is 17.7 Å². The number of carbonyl (C=O) groups is 1. The second kappa shape index (κ2) is 7.36. The monoisotopic (exact) mass is 298 g/mol. The lowest BCUT2D eigenvalue weighted by Gasteiger charge is -2.06. The zero-order valence-corrected chi connectivity index (χ0v) is 12.4. The van der Waals surface area contributed by atoms with Gasteiger partial charge in [-0.2, -0.15) is 0 Å². The largest absolute Gasteiger partial charge is 0.322 e. The van der Waals surface area contributed by atoms with Gasteiger partial charge >= 0.3 is 0 Å². The van der Waals surface area contributed by atoms with Gasteiger partial charge in [-0.05, 0) is 36.6 Å². The van der Waals surface area contributed by atoms with Crippen LogP contribution < -0.4 is 5.32 Å². The number of amides is 1. The first-order valence-electron chi connectivity index (χ1n) is 7.25. The molecule has 0 heterocycles. The fourth-order valence-electron chi connectivity index (χ4n) is 2.10. The van der Waals surface area contributed by atoms with E-state index in [0.717, 1.165) is 19.3 Å². The molecule has 0 aliphatic rings. The number of anilines is 1. The Morgan fingerprint density at radius 1 is 1.18 bits per heavy atom. The summed E-state index contributed by atoms with van der Waals surface area (Å²) in [5.74, 6) is -0.275. The lowest BCUT2D eigenvalue weighted by Crippen LogP contribution is -2.11. The highest BCUT2D eigenvalue weighted by Crippen LogP contribution is 2.18. The zero-order valence-electron chi connectivity index (χ0n) is 12.4. The average Bonchev–Trinajstić information content (AvgIpc) is 2.53. The molecule has 5 nitrogen and oxygen atoms in total. The van der Waals surface area contributed by atoms with Crippen molar-refractivity contribution in [1.29, 1.82) is 0 Å². The number of carbonyl (C=O) groups excluding carboxylic acids is 1. The van der Waals surface area contributed by atoms with Crippen molar-refractivity contribution in [2.24, 2.45) is 0 Å². The van der Waals surface area contributed by atoms with Crippen molar-refractivity contribution in [3.63, 3.8) is 0 Å². The Labute approximate surface area is 129 Å². The van der Waals surface area contributed by atoms with Crippen molar-refractivity contribution in [3.8, 4) is 0 Å². The van der Waals surface area contributed by atoms with Crippen molar-refractivity contribution in [1.82, 2.24) is 0 Å². The van der Waals surface area contributed by atoms with Gasteiger partial charge in [-0.25, -0.2) is 0 Å². The second-order valence-electron chi connectivity index (χ2n) is 5.06. The maximum absolute atomic E-state index is 12.1. The summed E-state index contributed by atoms with van der Waals surface area (Å²) >= 11 is 0. The minimum Gasteiger partial charge on any atom is -0.322 e. The molecule has 0 radical (unpaired) electrons. The minimum atomic E-state index is -0.488. The fourth-order valence-corrected chi connectivity index (χ4v) is 2.10. The molecule has 0 bridgehead atoms. The van der Waals surface area contributed by atoms with E-state index in [9.17, 15) is 14.9 Å². The number of aryl methyl sites for hydroxylation is 1. The molecule has 5 heteroatoms. The van der Waals surface area contributed by atoms with Crippen LogP contribution in [-0.4, -0.2) is 10.8 Å². The van der Waals surface area contributed by atoms with E-state index < -0.39 is 4.92 Å². The van der Waals surface area contributed by atoms with Gasteiger partial charge in [0.25, 0.3) is 11.6 Å². The van der Waals surface area contributed by atoms with E-state index in [0.29, 0.717) is 11.3 Å². The molecule has 22 heavy (non-hydrogen) atoms. The van der Waals surface area contributed by atoms with Crippen molar-refractivity contribution >= 4 is 17.3 Å². The van der Waals surface area contributed by atoms with Gasteiger partial charge in [0.05, 0.1) is 4.92 Å². The van der Waals surface area contributed by atoms with Crippen molar-refractivity contribution < 1.29 is 9.72 Å². The van der Waals surface area contributed by atoms with E-state index in [-0.39, 0.29) is 11.6 Å². The molecule has 0 fully saturated rings. The van der Waals surface area contributed by atoms with Crippen molar-refractivity contribution in [3.05, 3.63) is 69.8 Å². The number of nitro groups is 1. The number of hydrogen-bond donors (Lipinski definition) is 1. The van der Waals surface area contributed by atoms with Crippen LogP contribution in [0.2, 0.25) is 0 Å². The molecule has 0 unspecified atom stereocenters. The van der Waals surface area contributed by atoms with E-state index in [4.69, 9.17) is 0 Å². The van der Waals surface area contributed by atoms with Crippen LogP contribution in [0.4, 0.5) is 11.4 Å². The third-order valence-electron chi connectivity index (χ3n) is 3.35. The minimum absolute atomic E-state index is 0.0484. The summed E-state index contributed by atoms with van der Waals surface area (Å²) in [4.78, 5) is 22.4. The first kappa shape index (κ1) is 15.7. The predicted molar refractivity (Wildman–Crippen MR) is 86.1 cm³/mol. The van der Waals surface area contributed by atoms with E-state index in [1.54, 1.807) is 24.3 Å². The molecule has 0 saturated heterocycles. The zero-order chi connectivity index (χ0) is 15.9. The normalized spacial score (nSPS) is 10.2. The first-order valence-corrected chi connectivity index (χ1v) is 7.25. The van der Waals surface area contributed by atoms with Crippen LogP contribution in [-0.2, 0) is 6.42 Å². The molecule has 114 valence electrons. The molecular weight excluding hydrogens is 280 g/mol. The van der Waals surface area contributed by atoms with Crippen LogP contribution in [0.15, 0.2) is 48.5 Å². The summed E-state index contributed by atoms with van der Waals surface area (Å²) < 4.78 is 0. The first-order chi connectivity index (χ1) is 10.6. The molecule has 2 aromatic rings. The standard InChI is InChI=1S/C17H18N2O3/c1-2-3-5-13-8-10-14(11-9-13)17(20)18-15-6-4-7-16(12-15)19(21)22/h4,6-12H,2-3,5H2,1H3,(H,18,20). The summed E-state index contributed by atoms with van der Waals surface area (Å²) in [6.45, 7) is 2.14. The molecule has 1 amide bonds. The van der Waals surface area contributed by atoms with Gasteiger partial charge in [0.1, 0.15) is 0 Å². The number of unbranched alkanes of at least 4 members (excludes halogenated alkanes) is 1. The Bertz CT molecular complexity index is 666. The lowest BCUT2D eigenvalue weighted by atomic mass is 10.1. The van der Waals surface area contributed by atoms with Crippen LogP contribution >= 0.6 is 0 Å². The van der Waals surface area contributed by atoms with E-state index in [2.05, 4.69) is 12.2 Å². The van der Waals surface area contributed by atoms with Gasteiger partial charge < -0.3 is 5.32 Å². The Balaban J connectivity index is 2.05. The van der Waals surface area contributed by atoms with Gasteiger partial charge in [0.2, 0.25) is 0 Å². The maximum atomic E-state index is 12.1. The van der Waals surface area contributed by atoms with Crippen LogP contribution in [0.5, 0.6) is 0 Å². The van der Waals surface area contributed by atoms with Gasteiger partial charge in [0, 0.05) is 23.4 Å². The Morgan fingerprint density at radius 2 is 1.91 bits per heavy atom. The lowest BCUT2D eigenvalue weighted by molar-refractivity contribution is -0.384. The number of benzene rings is 2. The Hall–Kier alpha value is -2.69. The fraction of sp³-hybridized carbons (Fsp3) is 0.235. The van der Waals surface area contributed by atoms with Crippen LogP contribution in [0.1, 0.15) is 35.7 Å². The van der Waals surface area contributed by atoms with Gasteiger partial charge in [-0.15, -0.1) is 0 Å². The number of nitrogens with one attached hydrogen (secondary N) is 1. The molecule has 2 aromatic carbocycles. The highest BCUT2D eigenvalue weighted by molar-refractivity contribution is 6.04.